The van der Waals surface area contributed by atoms with Crippen LogP contribution in [0.5, 0.6) is 5.75 Å². The predicted octanol–water partition coefficient (Wildman–Crippen LogP) is 1.41. The van der Waals surface area contributed by atoms with E-state index in [0.29, 0.717) is 6.07 Å². The van der Waals surface area contributed by atoms with Crippen LogP contribution in [0.4, 0.5) is 8.78 Å². The lowest BCUT2D eigenvalue weighted by molar-refractivity contribution is -0.138. The fraction of sp³-hybridized carbons (Fsp3) is 0.125. The van der Waals surface area contributed by atoms with Gasteiger partial charge in [0.05, 0.1) is 10.6 Å². The van der Waals surface area contributed by atoms with Gasteiger partial charge in [-0.05, 0) is 6.07 Å². The number of carboxylic acid groups (broad SMARTS) is 1. The van der Waals surface area contributed by atoms with Crippen molar-refractivity contribution in [3.8, 4) is 5.75 Å². The van der Waals surface area contributed by atoms with Crippen LogP contribution in [0.25, 0.3) is 0 Å². The van der Waals surface area contributed by atoms with Crippen LogP contribution < -0.4 is 5.73 Å². The van der Waals surface area contributed by atoms with Crippen LogP contribution in [0, 0.1) is 11.6 Å². The van der Waals surface area contributed by atoms with E-state index in [9.17, 15) is 13.6 Å². The average Bonchev–Trinajstić information content (AvgIpc) is 2.15. The van der Waals surface area contributed by atoms with Crippen molar-refractivity contribution in [1.82, 2.24) is 0 Å². The van der Waals surface area contributed by atoms with E-state index in [0.717, 1.165) is 0 Å². The van der Waals surface area contributed by atoms with Crippen molar-refractivity contribution in [1.29, 1.82) is 0 Å². The van der Waals surface area contributed by atoms with Crippen molar-refractivity contribution in [2.45, 2.75) is 6.04 Å². The minimum absolute atomic E-state index is 0.532. The van der Waals surface area contributed by atoms with E-state index in [2.05, 4.69) is 0 Å². The van der Waals surface area contributed by atoms with Gasteiger partial charge >= 0.3 is 5.97 Å². The zero-order valence-electron chi connectivity index (χ0n) is 7.17. The van der Waals surface area contributed by atoms with Crippen LogP contribution in [0.15, 0.2) is 6.07 Å². The number of aromatic hydroxyl groups is 1. The molecule has 0 heterocycles. The molecule has 1 unspecified atom stereocenters. The first-order valence-corrected chi connectivity index (χ1v) is 4.08. The number of halogens is 3. The van der Waals surface area contributed by atoms with Crippen molar-refractivity contribution in [2.75, 3.05) is 0 Å². The molecule has 0 saturated carbocycles. The number of aliphatic carboxylic acids is 1. The fourth-order valence-corrected chi connectivity index (χ4v) is 1.21. The van der Waals surface area contributed by atoms with E-state index in [-0.39, 0.29) is 0 Å². The maximum absolute atomic E-state index is 13.3. The molecule has 82 valence electrons. The number of carbonyl (C=O) groups is 1. The van der Waals surface area contributed by atoms with Gasteiger partial charge in [0, 0.05) is 0 Å². The maximum atomic E-state index is 13.3. The second kappa shape index (κ2) is 4.00. The molecule has 0 aliphatic heterocycles. The van der Waals surface area contributed by atoms with Gasteiger partial charge in [0.2, 0.25) is 0 Å². The van der Waals surface area contributed by atoms with Crippen molar-refractivity contribution < 1.29 is 23.8 Å². The zero-order valence-corrected chi connectivity index (χ0v) is 7.92. The van der Waals surface area contributed by atoms with Crippen LogP contribution in [0.2, 0.25) is 5.02 Å². The molecule has 15 heavy (non-hydrogen) atoms. The molecule has 0 amide bonds. The average molecular weight is 238 g/mol. The molecule has 7 heteroatoms. The standard InChI is InChI=1S/C8H6ClF2NO3/c9-2-1-3(10)7(13)4(5(2)11)6(12)8(14)15/h1,6,13H,12H2,(H,14,15). The molecule has 0 fully saturated rings. The van der Waals surface area contributed by atoms with Crippen molar-refractivity contribution in [2.24, 2.45) is 5.73 Å². The molecular formula is C8H6ClF2NO3. The molecule has 0 spiro atoms. The van der Waals surface area contributed by atoms with Gasteiger partial charge in [-0.25, -0.2) is 8.78 Å². The number of phenols is 1. The molecular weight excluding hydrogens is 232 g/mol. The largest absolute Gasteiger partial charge is 0.505 e. The summed E-state index contributed by atoms with van der Waals surface area (Å²) in [5, 5.41) is 17.0. The van der Waals surface area contributed by atoms with E-state index >= 15 is 0 Å². The number of carboxylic acids is 1. The zero-order chi connectivity index (χ0) is 11.7. The molecule has 1 atom stereocenters. The Bertz CT molecular complexity index is 399. The molecule has 0 aliphatic carbocycles. The van der Waals surface area contributed by atoms with Gasteiger partial charge in [-0.15, -0.1) is 0 Å². The van der Waals surface area contributed by atoms with Crippen LogP contribution in [0.1, 0.15) is 11.6 Å². The lowest BCUT2D eigenvalue weighted by Gasteiger charge is -2.11. The SMILES string of the molecule is NC(C(=O)O)c1c(O)c(F)cc(Cl)c1F. The summed E-state index contributed by atoms with van der Waals surface area (Å²) in [6.45, 7) is 0. The minimum Gasteiger partial charge on any atom is -0.505 e. The summed E-state index contributed by atoms with van der Waals surface area (Å²) >= 11 is 5.27. The summed E-state index contributed by atoms with van der Waals surface area (Å²) in [4.78, 5) is 10.5. The van der Waals surface area contributed by atoms with E-state index in [1.165, 1.54) is 0 Å². The Morgan fingerprint density at radius 1 is 1.53 bits per heavy atom. The third kappa shape index (κ3) is 2.00. The van der Waals surface area contributed by atoms with Gasteiger partial charge in [0.1, 0.15) is 6.04 Å². The minimum atomic E-state index is -1.88. The van der Waals surface area contributed by atoms with E-state index in [4.69, 9.17) is 27.5 Å². The molecule has 0 radical (unpaired) electrons. The molecule has 4 nitrogen and oxygen atoms in total. The summed E-state index contributed by atoms with van der Waals surface area (Å²) in [7, 11) is 0. The highest BCUT2D eigenvalue weighted by atomic mass is 35.5. The highest BCUT2D eigenvalue weighted by Gasteiger charge is 2.26. The lowest BCUT2D eigenvalue weighted by atomic mass is 10.1. The van der Waals surface area contributed by atoms with E-state index in [1.54, 1.807) is 0 Å². The number of benzene rings is 1. The first-order chi connectivity index (χ1) is 6.86. The Labute approximate surface area is 87.9 Å². The molecule has 4 N–H and O–H groups in total. The van der Waals surface area contributed by atoms with Crippen LogP contribution >= 0.6 is 11.6 Å². The van der Waals surface area contributed by atoms with Gasteiger partial charge in [-0.2, -0.15) is 0 Å². The first kappa shape index (κ1) is 11.7. The molecule has 0 aliphatic rings. The van der Waals surface area contributed by atoms with Gasteiger partial charge in [-0.3, -0.25) is 4.79 Å². The summed E-state index contributed by atoms with van der Waals surface area (Å²) in [6.07, 6.45) is 0. The highest BCUT2D eigenvalue weighted by molar-refractivity contribution is 6.30. The molecule has 1 rings (SSSR count). The summed E-state index contributed by atoms with van der Waals surface area (Å²) in [6, 6.07) is -1.34. The summed E-state index contributed by atoms with van der Waals surface area (Å²) in [5.41, 5.74) is 4.18. The third-order valence-corrected chi connectivity index (χ3v) is 2.03. The number of phenolic OH excluding ortho intramolecular Hbond substituents is 1. The highest BCUT2D eigenvalue weighted by Crippen LogP contribution is 2.33. The second-order valence-electron chi connectivity index (χ2n) is 2.73. The normalized spacial score (nSPS) is 12.5. The number of nitrogens with two attached hydrogens (primary N) is 1. The monoisotopic (exact) mass is 237 g/mol. The van der Waals surface area contributed by atoms with Crippen molar-refractivity contribution in [3.05, 3.63) is 28.3 Å². The summed E-state index contributed by atoms with van der Waals surface area (Å²) < 4.78 is 26.1. The smallest absolute Gasteiger partial charge is 0.325 e. The molecule has 0 bridgehead atoms. The van der Waals surface area contributed by atoms with Crippen LogP contribution in [0.3, 0.4) is 0 Å². The Balaban J connectivity index is 3.45. The second-order valence-corrected chi connectivity index (χ2v) is 3.14. The Morgan fingerprint density at radius 3 is 2.53 bits per heavy atom. The van der Waals surface area contributed by atoms with E-state index < -0.39 is 40.0 Å². The Morgan fingerprint density at radius 2 is 2.07 bits per heavy atom. The van der Waals surface area contributed by atoms with Crippen LogP contribution in [-0.4, -0.2) is 16.2 Å². The fourth-order valence-electron chi connectivity index (χ4n) is 1.01. The first-order valence-electron chi connectivity index (χ1n) is 3.71. The number of rotatable bonds is 2. The lowest BCUT2D eigenvalue weighted by Crippen LogP contribution is -2.22. The topological polar surface area (TPSA) is 83.6 Å². The van der Waals surface area contributed by atoms with Gasteiger partial charge in [-0.1, -0.05) is 11.6 Å². The summed E-state index contributed by atoms with van der Waals surface area (Å²) in [5.74, 6) is -5.23. The predicted molar refractivity (Wildman–Crippen MR) is 47.6 cm³/mol. The van der Waals surface area contributed by atoms with Crippen molar-refractivity contribution >= 4 is 17.6 Å². The Hall–Kier alpha value is -1.40. The quantitative estimate of drug-likeness (QED) is 0.679. The maximum Gasteiger partial charge on any atom is 0.325 e. The van der Waals surface area contributed by atoms with Gasteiger partial charge < -0.3 is 15.9 Å². The molecule has 0 saturated heterocycles. The molecule has 1 aromatic rings. The number of hydrogen-bond donors (Lipinski definition) is 3. The van der Waals surface area contributed by atoms with Gasteiger partial charge in [0.25, 0.3) is 0 Å². The Kier molecular flexibility index (Phi) is 3.11. The number of hydrogen-bond acceptors (Lipinski definition) is 3. The molecule has 1 aromatic carbocycles. The van der Waals surface area contributed by atoms with Gasteiger partial charge in [0.15, 0.2) is 17.4 Å². The third-order valence-electron chi connectivity index (χ3n) is 1.76. The van der Waals surface area contributed by atoms with E-state index in [1.807, 2.05) is 0 Å². The van der Waals surface area contributed by atoms with Crippen molar-refractivity contribution in [3.63, 3.8) is 0 Å². The van der Waals surface area contributed by atoms with Crippen LogP contribution in [-0.2, 0) is 4.79 Å². The molecule has 0 aromatic heterocycles.